The summed E-state index contributed by atoms with van der Waals surface area (Å²) in [7, 11) is -4.19. The molecular weight excluding hydrogens is 420 g/mol. The molecular formula is C21H18F4N2O2S. The van der Waals surface area contributed by atoms with E-state index in [1.165, 1.54) is 18.3 Å². The molecule has 158 valence electrons. The van der Waals surface area contributed by atoms with Gasteiger partial charge in [-0.1, -0.05) is 25.1 Å². The minimum absolute atomic E-state index is 0.166. The van der Waals surface area contributed by atoms with Crippen LogP contribution < -0.4 is 4.72 Å². The molecule has 3 rings (SSSR count). The summed E-state index contributed by atoms with van der Waals surface area (Å²) in [4.78, 5) is 3.23. The van der Waals surface area contributed by atoms with Crippen molar-refractivity contribution in [3.8, 4) is 11.1 Å². The van der Waals surface area contributed by atoms with E-state index in [4.69, 9.17) is 0 Å². The van der Waals surface area contributed by atoms with Crippen molar-refractivity contribution in [3.05, 3.63) is 83.4 Å². The number of rotatable bonds is 6. The van der Waals surface area contributed by atoms with Crippen LogP contribution >= 0.6 is 0 Å². The fraction of sp³-hybridized carbons (Fsp3) is 0.190. The Labute approximate surface area is 171 Å². The summed E-state index contributed by atoms with van der Waals surface area (Å²) in [6.07, 6.45) is -1.89. The van der Waals surface area contributed by atoms with E-state index < -0.39 is 32.5 Å². The summed E-state index contributed by atoms with van der Waals surface area (Å²) in [6, 6.07) is 10.8. The standard InChI is InChI=1S/C21H18F4N2O2S/c1-2-14-9-17(21(23,24)25)11-18(10-14)30(28,29)27-12-15-4-3-5-16(8-15)19-6-7-26-13-20(19)22/h3-11,13,27H,2,12H2,1H3. The average molecular weight is 438 g/mol. The van der Waals surface area contributed by atoms with Gasteiger partial charge in [0.2, 0.25) is 10.0 Å². The largest absolute Gasteiger partial charge is 0.416 e. The fourth-order valence-corrected chi connectivity index (χ4v) is 4.02. The molecule has 0 bridgehead atoms. The highest BCUT2D eigenvalue weighted by Gasteiger charge is 2.32. The average Bonchev–Trinajstić information content (AvgIpc) is 2.72. The number of alkyl halides is 3. The smallest absolute Gasteiger partial charge is 0.262 e. The molecule has 2 aromatic carbocycles. The zero-order valence-electron chi connectivity index (χ0n) is 15.9. The van der Waals surface area contributed by atoms with Crippen molar-refractivity contribution in [2.24, 2.45) is 0 Å². The molecule has 0 atom stereocenters. The first kappa shape index (κ1) is 21.9. The van der Waals surface area contributed by atoms with Gasteiger partial charge < -0.3 is 0 Å². The van der Waals surface area contributed by atoms with Gasteiger partial charge in [-0.3, -0.25) is 4.98 Å². The lowest BCUT2D eigenvalue weighted by atomic mass is 10.0. The summed E-state index contributed by atoms with van der Waals surface area (Å²) in [5, 5.41) is 0. The van der Waals surface area contributed by atoms with Crippen LogP contribution in [0.1, 0.15) is 23.6 Å². The van der Waals surface area contributed by atoms with Gasteiger partial charge in [-0.2, -0.15) is 13.2 Å². The first-order valence-corrected chi connectivity index (χ1v) is 10.5. The summed E-state index contributed by atoms with van der Waals surface area (Å²) in [5.41, 5.74) is 0.604. The van der Waals surface area contributed by atoms with E-state index in [-0.39, 0.29) is 18.5 Å². The molecule has 30 heavy (non-hydrogen) atoms. The third-order valence-electron chi connectivity index (χ3n) is 4.49. The fourth-order valence-electron chi connectivity index (χ4n) is 2.90. The summed E-state index contributed by atoms with van der Waals surface area (Å²) >= 11 is 0. The number of nitrogens with one attached hydrogen (secondary N) is 1. The van der Waals surface area contributed by atoms with Crippen molar-refractivity contribution >= 4 is 10.0 Å². The predicted octanol–water partition coefficient (Wildman–Crippen LogP) is 4.95. The molecule has 0 unspecified atom stereocenters. The molecule has 1 heterocycles. The predicted molar refractivity (Wildman–Crippen MR) is 104 cm³/mol. The van der Waals surface area contributed by atoms with Gasteiger partial charge in [0.15, 0.2) is 0 Å². The van der Waals surface area contributed by atoms with Gasteiger partial charge in [-0.05, 0) is 53.4 Å². The van der Waals surface area contributed by atoms with Crippen LogP contribution in [0.4, 0.5) is 17.6 Å². The maximum atomic E-state index is 13.9. The third kappa shape index (κ3) is 5.03. The number of hydrogen-bond acceptors (Lipinski definition) is 3. The van der Waals surface area contributed by atoms with Gasteiger partial charge in [0.1, 0.15) is 5.82 Å². The molecule has 1 aromatic heterocycles. The lowest BCUT2D eigenvalue weighted by molar-refractivity contribution is -0.137. The van der Waals surface area contributed by atoms with Gasteiger partial charge in [-0.25, -0.2) is 17.5 Å². The topological polar surface area (TPSA) is 59.1 Å². The Kier molecular flexibility index (Phi) is 6.23. The zero-order chi connectivity index (χ0) is 21.9. The Morgan fingerprint density at radius 2 is 1.80 bits per heavy atom. The quantitative estimate of drug-likeness (QED) is 0.554. The molecule has 0 amide bonds. The monoisotopic (exact) mass is 438 g/mol. The number of benzene rings is 2. The van der Waals surface area contributed by atoms with Crippen molar-refractivity contribution in [3.63, 3.8) is 0 Å². The molecule has 0 aliphatic carbocycles. The second kappa shape index (κ2) is 8.53. The van der Waals surface area contributed by atoms with Gasteiger partial charge >= 0.3 is 6.18 Å². The Morgan fingerprint density at radius 3 is 2.47 bits per heavy atom. The second-order valence-electron chi connectivity index (χ2n) is 6.60. The van der Waals surface area contributed by atoms with E-state index in [1.807, 2.05) is 0 Å². The van der Waals surface area contributed by atoms with Gasteiger partial charge in [0.25, 0.3) is 0 Å². The van der Waals surface area contributed by atoms with E-state index in [0.717, 1.165) is 12.3 Å². The first-order valence-electron chi connectivity index (χ1n) is 9.00. The van der Waals surface area contributed by atoms with Crippen molar-refractivity contribution < 1.29 is 26.0 Å². The zero-order valence-corrected chi connectivity index (χ0v) is 16.7. The molecule has 3 aromatic rings. The normalized spacial score (nSPS) is 12.2. The van der Waals surface area contributed by atoms with Crippen LogP contribution in [0, 0.1) is 5.82 Å². The van der Waals surface area contributed by atoms with E-state index in [9.17, 15) is 26.0 Å². The molecule has 4 nitrogen and oxygen atoms in total. The molecule has 0 spiro atoms. The highest BCUT2D eigenvalue weighted by atomic mass is 32.2. The van der Waals surface area contributed by atoms with Gasteiger partial charge in [-0.15, -0.1) is 0 Å². The Balaban J connectivity index is 1.86. The van der Waals surface area contributed by atoms with Crippen LogP contribution in [0.3, 0.4) is 0 Å². The molecule has 0 aliphatic heterocycles. The highest BCUT2D eigenvalue weighted by molar-refractivity contribution is 7.89. The molecule has 0 saturated carbocycles. The van der Waals surface area contributed by atoms with Crippen LogP contribution in [0.25, 0.3) is 11.1 Å². The molecule has 0 saturated heterocycles. The molecule has 1 N–H and O–H groups in total. The number of nitrogens with zero attached hydrogens (tertiary/aromatic N) is 1. The first-order chi connectivity index (χ1) is 14.1. The lowest BCUT2D eigenvalue weighted by Gasteiger charge is -2.13. The van der Waals surface area contributed by atoms with E-state index in [0.29, 0.717) is 22.8 Å². The van der Waals surface area contributed by atoms with Crippen molar-refractivity contribution in [1.82, 2.24) is 9.71 Å². The van der Waals surface area contributed by atoms with E-state index >= 15 is 0 Å². The third-order valence-corrected chi connectivity index (χ3v) is 5.87. The maximum absolute atomic E-state index is 13.9. The minimum Gasteiger partial charge on any atom is -0.262 e. The summed E-state index contributed by atoms with van der Waals surface area (Å²) < 4.78 is 80.8. The van der Waals surface area contributed by atoms with Gasteiger partial charge in [0, 0.05) is 18.3 Å². The minimum atomic E-state index is -4.65. The number of aromatic nitrogens is 1. The Bertz CT molecular complexity index is 1160. The van der Waals surface area contributed by atoms with Crippen molar-refractivity contribution in [2.45, 2.75) is 31.0 Å². The number of hydrogen-bond donors (Lipinski definition) is 1. The SMILES string of the molecule is CCc1cc(C(F)(F)F)cc(S(=O)(=O)NCc2cccc(-c3ccncc3F)c2)c1. The number of pyridine rings is 1. The Hall–Kier alpha value is -2.78. The van der Waals surface area contributed by atoms with Crippen LogP contribution in [0.2, 0.25) is 0 Å². The van der Waals surface area contributed by atoms with E-state index in [1.54, 1.807) is 31.2 Å². The number of sulfonamides is 1. The second-order valence-corrected chi connectivity index (χ2v) is 8.36. The molecule has 0 radical (unpaired) electrons. The Morgan fingerprint density at radius 1 is 1.03 bits per heavy atom. The van der Waals surface area contributed by atoms with Crippen LogP contribution in [0.15, 0.2) is 65.8 Å². The van der Waals surface area contributed by atoms with Crippen LogP contribution in [0.5, 0.6) is 0 Å². The van der Waals surface area contributed by atoms with Crippen LogP contribution in [-0.2, 0) is 29.2 Å². The molecule has 0 aliphatic rings. The summed E-state index contributed by atoms with van der Waals surface area (Å²) in [5.74, 6) is -0.522. The lowest BCUT2D eigenvalue weighted by Crippen LogP contribution is -2.24. The summed E-state index contributed by atoms with van der Waals surface area (Å²) in [6.45, 7) is 1.48. The highest BCUT2D eigenvalue weighted by Crippen LogP contribution is 2.32. The van der Waals surface area contributed by atoms with E-state index in [2.05, 4.69) is 9.71 Å². The van der Waals surface area contributed by atoms with Crippen LogP contribution in [-0.4, -0.2) is 13.4 Å². The maximum Gasteiger partial charge on any atom is 0.416 e. The van der Waals surface area contributed by atoms with Gasteiger partial charge in [0.05, 0.1) is 16.7 Å². The molecule has 0 fully saturated rings. The molecule has 9 heteroatoms. The van der Waals surface area contributed by atoms with Crippen molar-refractivity contribution in [1.29, 1.82) is 0 Å². The van der Waals surface area contributed by atoms with Crippen molar-refractivity contribution in [2.75, 3.05) is 0 Å². The number of halogens is 4. The number of aryl methyl sites for hydroxylation is 1.